The lowest BCUT2D eigenvalue weighted by Crippen LogP contribution is -2.68. The average Bonchev–Trinajstić information content (AvgIpc) is 3.70. The summed E-state index contributed by atoms with van der Waals surface area (Å²) in [6, 6.07) is 5.99. The van der Waals surface area contributed by atoms with Crippen LogP contribution in [0, 0.1) is 62.6 Å². The van der Waals surface area contributed by atoms with Crippen LogP contribution in [0.4, 0.5) is 13.2 Å². The van der Waals surface area contributed by atoms with Crippen molar-refractivity contribution in [3.8, 4) is 11.3 Å². The number of Topliss-reactive ketones (excluding diaryl/α,β-unsaturated/α-hetero) is 1. The molecule has 14 heteroatoms. The highest BCUT2D eigenvalue weighted by atomic mass is 19.4. The Labute approximate surface area is 385 Å². The number of benzene rings is 1. The summed E-state index contributed by atoms with van der Waals surface area (Å²) in [6.07, 6.45) is 3.55. The van der Waals surface area contributed by atoms with Gasteiger partial charge in [-0.05, 0) is 145 Å². The number of nitrogens with one attached hydrogen (secondary N) is 3. The molecular formula is C52H67F3N4O7. The molecule has 6 fully saturated rings. The Balaban J connectivity index is 0.927. The van der Waals surface area contributed by atoms with Crippen molar-refractivity contribution in [3.63, 3.8) is 0 Å². The van der Waals surface area contributed by atoms with E-state index in [1.807, 2.05) is 13.8 Å². The van der Waals surface area contributed by atoms with Crippen molar-refractivity contribution in [2.24, 2.45) is 62.6 Å². The quantitative estimate of drug-likeness (QED) is 0.180. The molecular weight excluding hydrogens is 850 g/mol. The normalized spacial score (nSPS) is 37.1. The van der Waals surface area contributed by atoms with E-state index >= 15 is 0 Å². The minimum absolute atomic E-state index is 0.0231. The number of fused-ring (bicyclic) bond motifs is 7. The number of ether oxygens (including phenoxy) is 1. The number of rotatable bonds is 9. The number of nitrogens with zero attached hydrogens (tertiary/aromatic N) is 1. The zero-order valence-electron chi connectivity index (χ0n) is 39.9. The average molecular weight is 917 g/mol. The molecule has 0 bridgehead atoms. The molecule has 1 aromatic carbocycles. The molecule has 358 valence electrons. The highest BCUT2D eigenvalue weighted by Crippen LogP contribution is 2.76. The van der Waals surface area contributed by atoms with E-state index < -0.39 is 51.9 Å². The number of aromatic nitrogens is 2. The lowest BCUT2D eigenvalue weighted by molar-refractivity contribution is -0.235. The molecule has 2 amide bonds. The lowest BCUT2D eigenvalue weighted by Gasteiger charge is -2.72. The van der Waals surface area contributed by atoms with Crippen LogP contribution in [0.2, 0.25) is 0 Å². The summed E-state index contributed by atoms with van der Waals surface area (Å²) in [5.74, 6) is -2.19. The first kappa shape index (κ1) is 46.6. The topological polar surface area (TPSA) is 168 Å². The summed E-state index contributed by atoms with van der Waals surface area (Å²) in [5.41, 5.74) is -1.34. The summed E-state index contributed by atoms with van der Waals surface area (Å²) in [5, 5.41) is 22.9. The Morgan fingerprint density at radius 3 is 2.11 bits per heavy atom. The Morgan fingerprint density at radius 2 is 1.50 bits per heavy atom. The van der Waals surface area contributed by atoms with Crippen LogP contribution in [0.3, 0.4) is 0 Å². The number of aromatic amines is 1. The molecule has 0 spiro atoms. The second kappa shape index (κ2) is 15.0. The van der Waals surface area contributed by atoms with Crippen LogP contribution in [-0.2, 0) is 30.1 Å². The highest BCUT2D eigenvalue weighted by molar-refractivity contribution is 6.04. The van der Waals surface area contributed by atoms with Gasteiger partial charge in [0.25, 0.3) is 5.91 Å². The molecule has 7 aliphatic rings. The number of carbonyl (C=O) groups excluding carboxylic acids is 4. The maximum Gasteiger partial charge on any atom is 0.416 e. The molecule has 1 aromatic heterocycles. The molecule has 9 rings (SSSR count). The third-order valence-corrected chi connectivity index (χ3v) is 19.7. The van der Waals surface area contributed by atoms with E-state index in [-0.39, 0.29) is 69.4 Å². The summed E-state index contributed by atoms with van der Waals surface area (Å²) in [6.45, 7) is 19.8. The first-order valence-corrected chi connectivity index (χ1v) is 24.2. The molecule has 1 heterocycles. The van der Waals surface area contributed by atoms with E-state index in [1.54, 1.807) is 0 Å². The van der Waals surface area contributed by atoms with E-state index in [0.717, 1.165) is 68.2 Å². The molecule has 4 N–H and O–H groups in total. The first-order chi connectivity index (χ1) is 30.6. The molecule has 10 atom stereocenters. The van der Waals surface area contributed by atoms with Crippen LogP contribution in [-0.4, -0.2) is 62.0 Å². The van der Waals surface area contributed by atoms with E-state index in [0.29, 0.717) is 48.8 Å². The Bertz CT molecular complexity index is 2420. The van der Waals surface area contributed by atoms with Crippen LogP contribution < -0.4 is 10.6 Å². The van der Waals surface area contributed by atoms with Gasteiger partial charge in [0, 0.05) is 17.4 Å². The van der Waals surface area contributed by atoms with Gasteiger partial charge in [0.2, 0.25) is 5.91 Å². The van der Waals surface area contributed by atoms with Crippen molar-refractivity contribution < 1.29 is 47.0 Å². The summed E-state index contributed by atoms with van der Waals surface area (Å²) in [7, 11) is 0. The summed E-state index contributed by atoms with van der Waals surface area (Å²) >= 11 is 0. The number of halogens is 3. The minimum Gasteiger partial charge on any atom is -0.481 e. The van der Waals surface area contributed by atoms with Gasteiger partial charge in [0.1, 0.15) is 17.3 Å². The predicted molar refractivity (Wildman–Crippen MR) is 239 cm³/mol. The molecule has 2 aromatic rings. The number of H-pyrrole nitrogens is 1. The number of allylic oxidation sites excluding steroid dienone is 1. The number of carboxylic acids is 1. The lowest BCUT2D eigenvalue weighted by atomic mass is 9.33. The minimum atomic E-state index is -4.48. The van der Waals surface area contributed by atoms with E-state index in [2.05, 4.69) is 69.3 Å². The molecule has 66 heavy (non-hydrogen) atoms. The fourth-order valence-electron chi connectivity index (χ4n) is 15.5. The van der Waals surface area contributed by atoms with Crippen LogP contribution in [0.1, 0.15) is 155 Å². The SMILES string of the molecule is CC(C)C1=C2[C@H]3CC[C@@H]4[C@@]5(C)CC[C@H](OC(=O)[C@H]6C[C@@H](C(=O)O)C6(C)C)C(C)(C)[C@@H]5CC[C@@]4(C)[C@]3(C)CC[C@@]2(NC(=O)C2(NC(=O)c3cc(-c4ccc(C(F)(F)F)cc4)n[nH]3)CC2)CC1=O. The van der Waals surface area contributed by atoms with E-state index in [9.17, 15) is 42.3 Å². The second-order valence-corrected chi connectivity index (χ2v) is 23.8. The first-order valence-electron chi connectivity index (χ1n) is 24.2. The molecule has 7 aliphatic carbocycles. The number of amides is 2. The largest absolute Gasteiger partial charge is 0.481 e. The number of hydrogen-bond donors (Lipinski definition) is 4. The van der Waals surface area contributed by atoms with Crippen LogP contribution in [0.5, 0.6) is 0 Å². The Morgan fingerprint density at radius 1 is 0.818 bits per heavy atom. The predicted octanol–water partition coefficient (Wildman–Crippen LogP) is 9.87. The van der Waals surface area contributed by atoms with Crippen molar-refractivity contribution in [2.45, 2.75) is 163 Å². The Hall–Kier alpha value is -4.49. The van der Waals surface area contributed by atoms with Gasteiger partial charge in [-0.2, -0.15) is 18.3 Å². The monoisotopic (exact) mass is 916 g/mol. The summed E-state index contributed by atoms with van der Waals surface area (Å²) < 4.78 is 45.9. The van der Waals surface area contributed by atoms with Crippen molar-refractivity contribution in [1.82, 2.24) is 20.8 Å². The standard InChI is InChI=1S/C52H67F3N4O7/c1-27(2)39-35(60)26-51(57-44(65)50(22-23-50)56-41(61)34-25-33(58-59-34)28-10-12-29(13-11-28)52(53,54)55)21-20-48(8)30(40(39)51)14-15-37-47(7)18-17-38(46(5,6)36(47)16-19-49(37,48)9)66-43(64)32-24-31(42(62)63)45(32,3)4/h10-13,25,27,30-32,36-38H,14-24,26H2,1-9H3,(H,56,61)(H,57,65)(H,58,59)(H,62,63)/t30-,31+,32-,36+,37-,38+,47+,48-,49-,51-/m1/s1. The van der Waals surface area contributed by atoms with Gasteiger partial charge in [-0.25, -0.2) is 0 Å². The van der Waals surface area contributed by atoms with Crippen LogP contribution in [0.25, 0.3) is 11.3 Å². The number of carbonyl (C=O) groups is 5. The molecule has 6 saturated carbocycles. The van der Waals surface area contributed by atoms with Crippen molar-refractivity contribution >= 4 is 29.5 Å². The number of ketones is 1. The van der Waals surface area contributed by atoms with Gasteiger partial charge in [0.15, 0.2) is 5.78 Å². The van der Waals surface area contributed by atoms with Gasteiger partial charge in [0.05, 0.1) is 28.6 Å². The van der Waals surface area contributed by atoms with Gasteiger partial charge in [-0.15, -0.1) is 0 Å². The Kier molecular flexibility index (Phi) is 10.6. The van der Waals surface area contributed by atoms with Crippen LogP contribution >= 0.6 is 0 Å². The van der Waals surface area contributed by atoms with E-state index in [1.165, 1.54) is 18.2 Å². The molecule has 0 saturated heterocycles. The third-order valence-electron chi connectivity index (χ3n) is 19.7. The second-order valence-electron chi connectivity index (χ2n) is 23.8. The van der Waals surface area contributed by atoms with E-state index in [4.69, 9.17) is 4.74 Å². The molecule has 0 unspecified atom stereocenters. The van der Waals surface area contributed by atoms with Gasteiger partial charge in [-0.1, -0.05) is 74.4 Å². The van der Waals surface area contributed by atoms with Gasteiger partial charge in [-0.3, -0.25) is 29.1 Å². The number of hydrogen-bond acceptors (Lipinski definition) is 7. The fraction of sp³-hybridized carbons (Fsp3) is 0.692. The number of aliphatic carboxylic acids is 1. The number of carboxylic acid groups (broad SMARTS) is 1. The molecule has 0 radical (unpaired) electrons. The molecule has 0 aliphatic heterocycles. The van der Waals surface area contributed by atoms with Crippen LogP contribution in [0.15, 0.2) is 41.5 Å². The van der Waals surface area contributed by atoms with Gasteiger partial charge < -0.3 is 20.5 Å². The smallest absolute Gasteiger partial charge is 0.416 e. The third kappa shape index (κ3) is 6.77. The van der Waals surface area contributed by atoms with Crippen molar-refractivity contribution in [1.29, 1.82) is 0 Å². The fourth-order valence-corrected chi connectivity index (χ4v) is 15.5. The highest BCUT2D eigenvalue weighted by Gasteiger charge is 2.71. The zero-order chi connectivity index (χ0) is 47.9. The number of alkyl halides is 3. The maximum absolute atomic E-state index is 14.6. The van der Waals surface area contributed by atoms with Gasteiger partial charge >= 0.3 is 18.1 Å². The summed E-state index contributed by atoms with van der Waals surface area (Å²) in [4.78, 5) is 68.1. The number of esters is 1. The zero-order valence-corrected chi connectivity index (χ0v) is 39.9. The van der Waals surface area contributed by atoms with Crippen molar-refractivity contribution in [2.75, 3.05) is 0 Å². The molecule has 11 nitrogen and oxygen atoms in total. The maximum atomic E-state index is 14.6. The van der Waals surface area contributed by atoms with Crippen molar-refractivity contribution in [3.05, 3.63) is 52.7 Å².